The van der Waals surface area contributed by atoms with Gasteiger partial charge in [0.15, 0.2) is 0 Å². The Morgan fingerprint density at radius 1 is 1.09 bits per heavy atom. The van der Waals surface area contributed by atoms with Crippen LogP contribution < -0.4 is 9.62 Å². The van der Waals surface area contributed by atoms with E-state index in [0.29, 0.717) is 27.7 Å². The molecule has 0 aliphatic rings. The average Bonchev–Trinajstić information content (AvgIpc) is 2.80. The highest BCUT2D eigenvalue weighted by molar-refractivity contribution is 7.80. The van der Waals surface area contributed by atoms with E-state index in [1.54, 1.807) is 18.2 Å². The number of carbonyl (C=O) groups is 1. The number of nitrogens with zero attached hydrogens (tertiary/aromatic N) is 2. The first kappa shape index (κ1) is 26.0. The molecule has 0 radical (unpaired) electrons. The van der Waals surface area contributed by atoms with Crippen molar-refractivity contribution < 1.29 is 26.7 Å². The number of aromatic nitrogens is 1. The van der Waals surface area contributed by atoms with Gasteiger partial charge >= 0.3 is 6.18 Å². The summed E-state index contributed by atoms with van der Waals surface area (Å²) in [7, 11) is 0. The van der Waals surface area contributed by atoms with Gasteiger partial charge in [0.25, 0.3) is 17.2 Å². The molecule has 34 heavy (non-hydrogen) atoms. The maximum atomic E-state index is 12.6. The summed E-state index contributed by atoms with van der Waals surface area (Å²) < 4.78 is 60.5. The Morgan fingerprint density at radius 2 is 1.79 bits per heavy atom. The van der Waals surface area contributed by atoms with Crippen LogP contribution in [-0.4, -0.2) is 26.2 Å². The Balaban J connectivity index is 1.62. The van der Waals surface area contributed by atoms with E-state index in [-0.39, 0.29) is 18.7 Å². The highest BCUT2D eigenvalue weighted by atomic mass is 35.5. The van der Waals surface area contributed by atoms with Gasteiger partial charge in [-0.3, -0.25) is 18.6 Å². The van der Waals surface area contributed by atoms with Crippen molar-refractivity contribution in [3.63, 3.8) is 0 Å². The van der Waals surface area contributed by atoms with Crippen LogP contribution in [-0.2, 0) is 30.4 Å². The predicted octanol–water partition coefficient (Wildman–Crippen LogP) is 5.52. The van der Waals surface area contributed by atoms with Crippen molar-refractivity contribution in [3.05, 3.63) is 93.2 Å². The number of hydrogen-bond donors (Lipinski definition) is 2. The third-order valence-corrected chi connectivity index (χ3v) is 6.42. The van der Waals surface area contributed by atoms with Gasteiger partial charge in [-0.15, -0.1) is 0 Å². The lowest BCUT2D eigenvalue weighted by Gasteiger charge is -2.20. The molecule has 0 fully saturated rings. The van der Waals surface area contributed by atoms with Crippen LogP contribution >= 0.6 is 23.2 Å². The van der Waals surface area contributed by atoms with E-state index < -0.39 is 29.0 Å². The molecule has 0 bridgehead atoms. The van der Waals surface area contributed by atoms with Crippen molar-refractivity contribution >= 4 is 46.1 Å². The Bertz CT molecular complexity index is 1180. The van der Waals surface area contributed by atoms with Gasteiger partial charge in [0, 0.05) is 24.8 Å². The van der Waals surface area contributed by atoms with Gasteiger partial charge in [0.05, 0.1) is 15.7 Å². The van der Waals surface area contributed by atoms with Crippen LogP contribution in [0.5, 0.6) is 0 Å². The Labute approximate surface area is 206 Å². The van der Waals surface area contributed by atoms with E-state index >= 15 is 0 Å². The maximum Gasteiger partial charge on any atom is 0.433 e. The number of halogens is 5. The normalized spacial score (nSPS) is 12.3. The molecule has 6 nitrogen and oxygen atoms in total. The minimum atomic E-state index is -4.53. The fourth-order valence-corrected chi connectivity index (χ4v) is 3.99. The lowest BCUT2D eigenvalue weighted by Crippen LogP contribution is -2.28. The number of hydrogen-bond acceptors (Lipinski definition) is 3. The number of pyridine rings is 1. The number of alkyl halides is 3. The van der Waals surface area contributed by atoms with E-state index in [2.05, 4.69) is 10.3 Å². The fraction of sp³-hybridized carbons (Fsp3) is 0.182. The molecule has 0 saturated heterocycles. The molecule has 2 aromatic carbocycles. The Morgan fingerprint density at radius 3 is 2.38 bits per heavy atom. The second-order valence-electron chi connectivity index (χ2n) is 7.07. The molecule has 12 heteroatoms. The second kappa shape index (κ2) is 11.2. The third kappa shape index (κ3) is 6.69. The molecular formula is C22H18Cl2F3N3O3S. The summed E-state index contributed by atoms with van der Waals surface area (Å²) in [5.74, 6) is -0.464. The number of carbonyl (C=O) groups excluding carboxylic acids is 1. The molecule has 0 aliphatic heterocycles. The van der Waals surface area contributed by atoms with E-state index in [1.165, 1.54) is 34.6 Å². The molecule has 2 N–H and O–H groups in total. The van der Waals surface area contributed by atoms with Crippen LogP contribution in [0.2, 0.25) is 10.0 Å². The Kier molecular flexibility index (Phi) is 8.53. The average molecular weight is 532 g/mol. The van der Waals surface area contributed by atoms with Crippen molar-refractivity contribution in [2.24, 2.45) is 0 Å². The number of amides is 1. The molecule has 1 amide bonds. The van der Waals surface area contributed by atoms with Gasteiger partial charge in [-0.05, 0) is 53.9 Å². The van der Waals surface area contributed by atoms with Crippen molar-refractivity contribution in [1.29, 1.82) is 0 Å². The van der Waals surface area contributed by atoms with Crippen LogP contribution in [0.4, 0.5) is 18.9 Å². The first-order valence-electron chi connectivity index (χ1n) is 9.78. The monoisotopic (exact) mass is 531 g/mol. The first-order valence-corrected chi connectivity index (χ1v) is 11.6. The van der Waals surface area contributed by atoms with E-state index in [9.17, 15) is 26.7 Å². The van der Waals surface area contributed by atoms with Crippen LogP contribution in [0, 0.1) is 0 Å². The highest BCUT2D eigenvalue weighted by Crippen LogP contribution is 2.28. The lowest BCUT2D eigenvalue weighted by atomic mass is 10.1. The summed E-state index contributed by atoms with van der Waals surface area (Å²) in [5, 5.41) is 3.36. The molecule has 1 unspecified atom stereocenters. The summed E-state index contributed by atoms with van der Waals surface area (Å²) in [6.45, 7) is 0.147. The van der Waals surface area contributed by atoms with Crippen LogP contribution in [0.1, 0.15) is 27.2 Å². The fourth-order valence-electron chi connectivity index (χ4n) is 3.02. The molecule has 0 aliphatic carbocycles. The van der Waals surface area contributed by atoms with Crippen LogP contribution in [0.3, 0.4) is 0 Å². The van der Waals surface area contributed by atoms with Crippen LogP contribution in [0.15, 0.2) is 60.8 Å². The Hall–Kier alpha value is -2.66. The number of rotatable bonds is 8. The molecule has 1 aromatic heterocycles. The second-order valence-corrected chi connectivity index (χ2v) is 8.76. The molecular weight excluding hydrogens is 514 g/mol. The zero-order valence-electron chi connectivity index (χ0n) is 17.4. The first-order chi connectivity index (χ1) is 16.1. The van der Waals surface area contributed by atoms with Gasteiger partial charge in [-0.2, -0.15) is 13.2 Å². The maximum absolute atomic E-state index is 12.6. The molecule has 1 atom stereocenters. The number of anilines is 1. The predicted molar refractivity (Wildman–Crippen MR) is 125 cm³/mol. The van der Waals surface area contributed by atoms with Gasteiger partial charge in [-0.25, -0.2) is 4.21 Å². The SMILES string of the molecule is O=C(NCc1ccc(C(F)(F)F)nc1)c1ccc(N(CCc2cccc(Cl)c2Cl)S(=O)O)cc1. The largest absolute Gasteiger partial charge is 0.433 e. The van der Waals surface area contributed by atoms with Crippen LogP contribution in [0.25, 0.3) is 0 Å². The molecule has 1 heterocycles. The van der Waals surface area contributed by atoms with Crippen molar-refractivity contribution in [2.75, 3.05) is 10.8 Å². The number of nitrogens with one attached hydrogen (secondary N) is 1. The number of benzene rings is 2. The summed E-state index contributed by atoms with van der Waals surface area (Å²) in [5.41, 5.74) is 0.784. The molecule has 180 valence electrons. The lowest BCUT2D eigenvalue weighted by molar-refractivity contribution is -0.141. The third-order valence-electron chi connectivity index (χ3n) is 4.79. The molecule has 0 saturated carbocycles. The standard InChI is InChI=1S/C22H18Cl2F3N3O3S/c23-18-3-1-2-15(20(18)24)10-11-30(34(32)33)17-7-5-16(6-8-17)21(31)29-13-14-4-9-19(28-12-14)22(25,26)27/h1-9,12H,10-11,13H2,(H,29,31)(H,32,33). The van der Waals surface area contributed by atoms with E-state index in [0.717, 1.165) is 17.8 Å². The van der Waals surface area contributed by atoms with Crippen molar-refractivity contribution in [3.8, 4) is 0 Å². The van der Waals surface area contributed by atoms with Gasteiger partial charge in [0.1, 0.15) is 5.69 Å². The van der Waals surface area contributed by atoms with Gasteiger partial charge in [-0.1, -0.05) is 41.4 Å². The molecule has 3 aromatic rings. The zero-order valence-corrected chi connectivity index (χ0v) is 19.7. The minimum Gasteiger partial charge on any atom is -0.348 e. The minimum absolute atomic E-state index is 0.0150. The van der Waals surface area contributed by atoms with Crippen molar-refractivity contribution in [1.82, 2.24) is 10.3 Å². The summed E-state index contributed by atoms with van der Waals surface area (Å²) in [6, 6.07) is 13.2. The topological polar surface area (TPSA) is 82.5 Å². The summed E-state index contributed by atoms with van der Waals surface area (Å²) in [6.07, 6.45) is -3.13. The van der Waals surface area contributed by atoms with E-state index in [4.69, 9.17) is 23.2 Å². The van der Waals surface area contributed by atoms with Gasteiger partial charge < -0.3 is 5.32 Å². The summed E-state index contributed by atoms with van der Waals surface area (Å²) >= 11 is 9.85. The highest BCUT2D eigenvalue weighted by Gasteiger charge is 2.32. The summed E-state index contributed by atoms with van der Waals surface area (Å²) in [4.78, 5) is 15.7. The quantitative estimate of drug-likeness (QED) is 0.375. The van der Waals surface area contributed by atoms with Gasteiger partial charge in [0.2, 0.25) is 0 Å². The molecule has 0 spiro atoms. The smallest absolute Gasteiger partial charge is 0.348 e. The van der Waals surface area contributed by atoms with E-state index in [1.807, 2.05) is 0 Å². The van der Waals surface area contributed by atoms with Crippen molar-refractivity contribution in [2.45, 2.75) is 19.1 Å². The molecule has 3 rings (SSSR count). The zero-order chi connectivity index (χ0) is 24.9.